The van der Waals surface area contributed by atoms with Crippen molar-refractivity contribution in [3.8, 4) is 5.75 Å². The van der Waals surface area contributed by atoms with Crippen LogP contribution in [0.2, 0.25) is 5.02 Å². The summed E-state index contributed by atoms with van der Waals surface area (Å²) in [6, 6.07) is 5.22. The highest BCUT2D eigenvalue weighted by Gasteiger charge is 2.20. The molecule has 2 amide bonds. The maximum atomic E-state index is 12.0. The van der Waals surface area contributed by atoms with Crippen LogP contribution >= 0.6 is 11.6 Å². The Balaban J connectivity index is 1.95. The number of rotatable bonds is 7. The van der Waals surface area contributed by atoms with E-state index in [4.69, 9.17) is 16.3 Å². The topological polar surface area (TPSA) is 91.8 Å². The molecule has 2 rings (SSSR count). The summed E-state index contributed by atoms with van der Waals surface area (Å²) in [5.74, 6) is 0.106. The maximum Gasteiger partial charge on any atom is 0.258 e. The van der Waals surface area contributed by atoms with Gasteiger partial charge in [-0.25, -0.2) is 5.43 Å². The van der Waals surface area contributed by atoms with E-state index >= 15 is 0 Å². The Hall–Kier alpha value is -2.12. The van der Waals surface area contributed by atoms with Crippen molar-refractivity contribution in [3.63, 3.8) is 0 Å². The summed E-state index contributed by atoms with van der Waals surface area (Å²) < 4.78 is 5.51. The first-order valence-corrected chi connectivity index (χ1v) is 8.42. The minimum atomic E-state index is -0.369. The molecule has 1 aromatic carbocycles. The number of carbonyl (C=O) groups is 2. The normalized spacial score (nSPS) is 14.6. The third kappa shape index (κ3) is 5.72. The van der Waals surface area contributed by atoms with Gasteiger partial charge in [-0.3, -0.25) is 9.59 Å². The van der Waals surface area contributed by atoms with Gasteiger partial charge in [0.15, 0.2) is 6.61 Å². The van der Waals surface area contributed by atoms with E-state index in [-0.39, 0.29) is 24.0 Å². The lowest BCUT2D eigenvalue weighted by molar-refractivity contribution is -0.124. The molecule has 1 aliphatic rings. The van der Waals surface area contributed by atoms with Gasteiger partial charge in [-0.15, -0.1) is 0 Å². The van der Waals surface area contributed by atoms with Crippen LogP contribution in [0.3, 0.4) is 0 Å². The number of hydrazone groups is 1. The molecule has 3 N–H and O–H groups in total. The molecule has 0 aromatic heterocycles. The number of halogens is 1. The lowest BCUT2D eigenvalue weighted by Gasteiger charge is -2.25. The number of hydrogen-bond donors (Lipinski definition) is 3. The number of ether oxygens (including phenoxy) is 1. The van der Waals surface area contributed by atoms with Gasteiger partial charge in [0.05, 0.1) is 10.7 Å². The van der Waals surface area contributed by atoms with Gasteiger partial charge in [0.1, 0.15) is 5.75 Å². The van der Waals surface area contributed by atoms with Gasteiger partial charge in [-0.2, -0.15) is 5.10 Å². The van der Waals surface area contributed by atoms with Crippen molar-refractivity contribution in [3.05, 3.63) is 28.8 Å². The van der Waals surface area contributed by atoms with Gasteiger partial charge in [0.2, 0.25) is 5.91 Å². The second-order valence-corrected chi connectivity index (χ2v) is 6.90. The van der Waals surface area contributed by atoms with Crippen LogP contribution in [0, 0.1) is 0 Å². The van der Waals surface area contributed by atoms with E-state index in [1.165, 1.54) is 0 Å². The molecule has 0 bridgehead atoms. The highest BCUT2D eigenvalue weighted by molar-refractivity contribution is 6.32. The molecule has 136 valence electrons. The Bertz CT molecular complexity index is 688. The maximum absolute atomic E-state index is 12.0. The van der Waals surface area contributed by atoms with E-state index in [0.717, 1.165) is 11.3 Å². The van der Waals surface area contributed by atoms with E-state index in [2.05, 4.69) is 21.2 Å². The van der Waals surface area contributed by atoms with Crippen LogP contribution in [0.4, 0.5) is 0 Å². The fourth-order valence-corrected chi connectivity index (χ4v) is 2.76. The van der Waals surface area contributed by atoms with Crippen molar-refractivity contribution >= 4 is 29.1 Å². The van der Waals surface area contributed by atoms with E-state index in [1.807, 2.05) is 20.9 Å². The minimum Gasteiger partial charge on any atom is -0.482 e. The monoisotopic (exact) mass is 366 g/mol. The minimum absolute atomic E-state index is 0.0954. The third-order valence-corrected chi connectivity index (χ3v) is 3.92. The molecule has 0 saturated carbocycles. The fourth-order valence-electron chi connectivity index (χ4n) is 2.52. The summed E-state index contributed by atoms with van der Waals surface area (Å²) in [7, 11) is 1.83. The second-order valence-electron chi connectivity index (χ2n) is 6.49. The van der Waals surface area contributed by atoms with Gasteiger partial charge in [0, 0.05) is 24.9 Å². The number of amides is 2. The molecule has 1 aliphatic heterocycles. The van der Waals surface area contributed by atoms with Crippen LogP contribution in [0.5, 0.6) is 5.75 Å². The van der Waals surface area contributed by atoms with Crippen molar-refractivity contribution in [2.45, 2.75) is 32.2 Å². The number of likely N-dealkylation sites (N-methyl/N-ethyl adjacent to an activating group) is 1. The predicted octanol–water partition coefficient (Wildman–Crippen LogP) is 1.45. The van der Waals surface area contributed by atoms with Crippen molar-refractivity contribution in [2.24, 2.45) is 5.10 Å². The smallest absolute Gasteiger partial charge is 0.258 e. The van der Waals surface area contributed by atoms with Gasteiger partial charge in [-0.1, -0.05) is 11.6 Å². The van der Waals surface area contributed by atoms with Crippen molar-refractivity contribution in [1.82, 2.24) is 16.1 Å². The average molecular weight is 367 g/mol. The lowest BCUT2D eigenvalue weighted by Crippen LogP contribution is -2.51. The zero-order valence-electron chi connectivity index (χ0n) is 14.6. The molecule has 0 aliphatic carbocycles. The summed E-state index contributed by atoms with van der Waals surface area (Å²) in [4.78, 5) is 23.1. The van der Waals surface area contributed by atoms with E-state index in [1.54, 1.807) is 18.2 Å². The van der Waals surface area contributed by atoms with E-state index in [9.17, 15) is 9.59 Å². The zero-order chi connectivity index (χ0) is 18.4. The van der Waals surface area contributed by atoms with E-state index < -0.39 is 0 Å². The van der Waals surface area contributed by atoms with Crippen LogP contribution in [-0.2, 0) is 9.59 Å². The fraction of sp³-hybridized carbons (Fsp3) is 0.471. The molecule has 7 nitrogen and oxygen atoms in total. The first-order valence-electron chi connectivity index (χ1n) is 8.04. The molecule has 1 aromatic rings. The highest BCUT2D eigenvalue weighted by Crippen LogP contribution is 2.26. The summed E-state index contributed by atoms with van der Waals surface area (Å²) in [5.41, 5.74) is 3.66. The van der Waals surface area contributed by atoms with Gasteiger partial charge in [-0.05, 0) is 44.7 Å². The molecule has 0 spiro atoms. The van der Waals surface area contributed by atoms with Crippen molar-refractivity contribution < 1.29 is 14.3 Å². The average Bonchev–Trinajstić information content (AvgIpc) is 2.53. The summed E-state index contributed by atoms with van der Waals surface area (Å²) in [5, 5.41) is 10.3. The van der Waals surface area contributed by atoms with Gasteiger partial charge >= 0.3 is 0 Å². The van der Waals surface area contributed by atoms with Crippen LogP contribution in [-0.4, -0.2) is 43.3 Å². The van der Waals surface area contributed by atoms with E-state index in [0.29, 0.717) is 30.2 Å². The zero-order valence-corrected chi connectivity index (χ0v) is 15.4. The standard InChI is InChI=1S/C17H23ClN4O3/c1-17(2,10-19-3)20-16(24)9-25-14-6-4-11(8-12(14)18)13-5-7-15(23)22-21-13/h4,6,8,19H,5,7,9-10H2,1-3H3,(H,20,24)(H,22,23). The summed E-state index contributed by atoms with van der Waals surface area (Å²) >= 11 is 6.23. The predicted molar refractivity (Wildman–Crippen MR) is 97.0 cm³/mol. The molecule has 1 heterocycles. The Morgan fingerprint density at radius 3 is 2.76 bits per heavy atom. The van der Waals surface area contributed by atoms with Crippen LogP contribution in [0.25, 0.3) is 0 Å². The second kappa shape index (κ2) is 8.31. The molecule has 25 heavy (non-hydrogen) atoms. The molecular formula is C17H23ClN4O3. The molecule has 0 fully saturated rings. The Morgan fingerprint density at radius 1 is 1.40 bits per heavy atom. The quantitative estimate of drug-likeness (QED) is 0.681. The Labute approximate surface area is 152 Å². The van der Waals surface area contributed by atoms with Crippen molar-refractivity contribution in [2.75, 3.05) is 20.2 Å². The van der Waals surface area contributed by atoms with Crippen LogP contribution in [0.1, 0.15) is 32.3 Å². The van der Waals surface area contributed by atoms with Gasteiger partial charge < -0.3 is 15.4 Å². The number of nitrogens with one attached hydrogen (secondary N) is 3. The number of carbonyl (C=O) groups excluding carboxylic acids is 2. The molecule has 8 heteroatoms. The first-order chi connectivity index (χ1) is 11.8. The van der Waals surface area contributed by atoms with Gasteiger partial charge in [0.25, 0.3) is 5.91 Å². The SMILES string of the molecule is CNCC(C)(C)NC(=O)COc1ccc(C2=NNC(=O)CC2)cc1Cl. The molecule has 0 radical (unpaired) electrons. The molecule has 0 saturated heterocycles. The first kappa shape index (κ1) is 19.2. The summed E-state index contributed by atoms with van der Waals surface area (Å²) in [6.45, 7) is 4.37. The summed E-state index contributed by atoms with van der Waals surface area (Å²) in [6.07, 6.45) is 0.961. The molecule has 0 unspecified atom stereocenters. The lowest BCUT2D eigenvalue weighted by atomic mass is 10.0. The number of hydrogen-bond acceptors (Lipinski definition) is 5. The number of nitrogens with zero attached hydrogens (tertiary/aromatic N) is 1. The van der Waals surface area contributed by atoms with Crippen LogP contribution < -0.4 is 20.8 Å². The Morgan fingerprint density at radius 2 is 2.16 bits per heavy atom. The largest absolute Gasteiger partial charge is 0.482 e. The Kier molecular flexibility index (Phi) is 6.39. The molecule has 0 atom stereocenters. The number of benzene rings is 1. The highest BCUT2D eigenvalue weighted by atomic mass is 35.5. The van der Waals surface area contributed by atoms with Crippen LogP contribution in [0.15, 0.2) is 23.3 Å². The van der Waals surface area contributed by atoms with Crippen molar-refractivity contribution in [1.29, 1.82) is 0 Å². The third-order valence-electron chi connectivity index (χ3n) is 3.62. The molecular weight excluding hydrogens is 344 g/mol.